The number of aryl methyl sites for hydroxylation is 1. The molecule has 0 saturated heterocycles. The van der Waals surface area contributed by atoms with E-state index in [1.165, 1.54) is 22.3 Å². The molecule has 0 aliphatic heterocycles. The highest BCUT2D eigenvalue weighted by atomic mass is 14.2. The first-order valence-corrected chi connectivity index (χ1v) is 4.92. The SMILES string of the molecule is C=C/C=C1\C(=C)CCc2ccccc21. The van der Waals surface area contributed by atoms with Crippen LogP contribution in [-0.2, 0) is 6.42 Å². The van der Waals surface area contributed by atoms with E-state index in [2.05, 4.69) is 43.5 Å². The van der Waals surface area contributed by atoms with Gasteiger partial charge in [-0.3, -0.25) is 0 Å². The molecule has 0 aromatic heterocycles. The average molecular weight is 182 g/mol. The van der Waals surface area contributed by atoms with E-state index in [1.54, 1.807) is 0 Å². The molecule has 0 atom stereocenters. The average Bonchev–Trinajstić information content (AvgIpc) is 2.23. The van der Waals surface area contributed by atoms with Gasteiger partial charge in [-0.25, -0.2) is 0 Å². The van der Waals surface area contributed by atoms with E-state index < -0.39 is 0 Å². The molecule has 0 heteroatoms. The molecule has 1 aromatic rings. The fourth-order valence-corrected chi connectivity index (χ4v) is 1.94. The van der Waals surface area contributed by atoms with Crippen molar-refractivity contribution in [3.05, 3.63) is 66.3 Å². The molecule has 0 bridgehead atoms. The quantitative estimate of drug-likeness (QED) is 0.620. The van der Waals surface area contributed by atoms with Crippen LogP contribution in [-0.4, -0.2) is 0 Å². The Bertz CT molecular complexity index is 408. The Morgan fingerprint density at radius 1 is 1.14 bits per heavy atom. The van der Waals surface area contributed by atoms with Gasteiger partial charge in [0.05, 0.1) is 0 Å². The van der Waals surface area contributed by atoms with Gasteiger partial charge >= 0.3 is 0 Å². The minimum atomic E-state index is 1.07. The van der Waals surface area contributed by atoms with Crippen molar-refractivity contribution in [2.45, 2.75) is 12.8 Å². The van der Waals surface area contributed by atoms with Crippen molar-refractivity contribution in [3.63, 3.8) is 0 Å². The maximum Gasteiger partial charge on any atom is -0.0149 e. The predicted molar refractivity (Wildman–Crippen MR) is 62.1 cm³/mol. The van der Waals surface area contributed by atoms with Gasteiger partial charge in [0.2, 0.25) is 0 Å². The summed E-state index contributed by atoms with van der Waals surface area (Å²) in [5.41, 5.74) is 5.22. The lowest BCUT2D eigenvalue weighted by molar-refractivity contribution is 0.943. The molecule has 0 unspecified atom stereocenters. The van der Waals surface area contributed by atoms with Gasteiger partial charge < -0.3 is 0 Å². The Balaban J connectivity index is 2.57. The second-order valence-electron chi connectivity index (χ2n) is 3.58. The van der Waals surface area contributed by atoms with Crippen molar-refractivity contribution >= 4 is 5.57 Å². The van der Waals surface area contributed by atoms with Crippen LogP contribution in [0.4, 0.5) is 0 Å². The number of rotatable bonds is 1. The van der Waals surface area contributed by atoms with Gasteiger partial charge in [0.1, 0.15) is 0 Å². The summed E-state index contributed by atoms with van der Waals surface area (Å²) in [6.07, 6.45) is 6.07. The summed E-state index contributed by atoms with van der Waals surface area (Å²) in [5, 5.41) is 0. The van der Waals surface area contributed by atoms with Crippen LogP contribution >= 0.6 is 0 Å². The molecule has 0 N–H and O–H groups in total. The highest BCUT2D eigenvalue weighted by Gasteiger charge is 2.15. The van der Waals surface area contributed by atoms with E-state index in [-0.39, 0.29) is 0 Å². The van der Waals surface area contributed by atoms with Crippen LogP contribution in [0.1, 0.15) is 17.5 Å². The Hall–Kier alpha value is -1.56. The molecule has 0 nitrogen and oxygen atoms in total. The minimum Gasteiger partial charge on any atom is -0.0990 e. The second-order valence-corrected chi connectivity index (χ2v) is 3.58. The first-order chi connectivity index (χ1) is 6.83. The third-order valence-electron chi connectivity index (χ3n) is 2.67. The van der Waals surface area contributed by atoms with Crippen LogP contribution in [0.3, 0.4) is 0 Å². The zero-order valence-corrected chi connectivity index (χ0v) is 8.29. The standard InChI is InChI=1S/C14H14/c1-3-6-13-11(2)9-10-12-7-4-5-8-14(12)13/h3-8H,1-2,9-10H2/b13-6+. The highest BCUT2D eigenvalue weighted by molar-refractivity contribution is 5.82. The van der Waals surface area contributed by atoms with E-state index in [1.807, 2.05) is 6.08 Å². The smallest absolute Gasteiger partial charge is 0.0149 e. The van der Waals surface area contributed by atoms with Crippen molar-refractivity contribution < 1.29 is 0 Å². The lowest BCUT2D eigenvalue weighted by Gasteiger charge is -2.20. The van der Waals surface area contributed by atoms with Gasteiger partial charge in [-0.2, -0.15) is 0 Å². The van der Waals surface area contributed by atoms with E-state index >= 15 is 0 Å². The van der Waals surface area contributed by atoms with Gasteiger partial charge in [0, 0.05) is 0 Å². The number of benzene rings is 1. The summed E-state index contributed by atoms with van der Waals surface area (Å²) in [7, 11) is 0. The Labute approximate surface area is 85.3 Å². The molecule has 0 saturated carbocycles. The molecular formula is C14H14. The van der Waals surface area contributed by atoms with Crippen molar-refractivity contribution in [2.75, 3.05) is 0 Å². The highest BCUT2D eigenvalue weighted by Crippen LogP contribution is 2.33. The van der Waals surface area contributed by atoms with Crippen molar-refractivity contribution in [2.24, 2.45) is 0 Å². The third-order valence-corrected chi connectivity index (χ3v) is 2.67. The fourth-order valence-electron chi connectivity index (χ4n) is 1.94. The van der Waals surface area contributed by atoms with Gasteiger partial charge in [-0.1, -0.05) is 49.6 Å². The van der Waals surface area contributed by atoms with Crippen LogP contribution in [0.25, 0.3) is 5.57 Å². The zero-order valence-electron chi connectivity index (χ0n) is 8.29. The fraction of sp³-hybridized carbons (Fsp3) is 0.143. The number of fused-ring (bicyclic) bond motifs is 1. The number of allylic oxidation sites excluding steroid dienone is 4. The van der Waals surface area contributed by atoms with Gasteiger partial charge in [-0.15, -0.1) is 0 Å². The van der Waals surface area contributed by atoms with Crippen molar-refractivity contribution in [1.29, 1.82) is 0 Å². The summed E-state index contributed by atoms with van der Waals surface area (Å²) in [6.45, 7) is 7.84. The summed E-state index contributed by atoms with van der Waals surface area (Å²) < 4.78 is 0. The Morgan fingerprint density at radius 2 is 1.93 bits per heavy atom. The van der Waals surface area contributed by atoms with Gasteiger partial charge in [0.25, 0.3) is 0 Å². The van der Waals surface area contributed by atoms with Crippen LogP contribution < -0.4 is 0 Å². The van der Waals surface area contributed by atoms with Crippen LogP contribution in [0.2, 0.25) is 0 Å². The van der Waals surface area contributed by atoms with E-state index in [0.29, 0.717) is 0 Å². The summed E-state index contributed by atoms with van der Waals surface area (Å²) in [6, 6.07) is 8.53. The lowest BCUT2D eigenvalue weighted by Crippen LogP contribution is -2.03. The second kappa shape index (κ2) is 3.67. The number of hydrogen-bond acceptors (Lipinski definition) is 0. The van der Waals surface area contributed by atoms with Gasteiger partial charge in [0.15, 0.2) is 0 Å². The molecule has 0 spiro atoms. The van der Waals surface area contributed by atoms with Crippen LogP contribution in [0.15, 0.2) is 55.1 Å². The largest absolute Gasteiger partial charge is 0.0990 e. The molecular weight excluding hydrogens is 168 g/mol. The summed E-state index contributed by atoms with van der Waals surface area (Å²) >= 11 is 0. The van der Waals surface area contributed by atoms with E-state index in [9.17, 15) is 0 Å². The molecule has 0 radical (unpaired) electrons. The first kappa shape index (κ1) is 9.01. The van der Waals surface area contributed by atoms with E-state index in [4.69, 9.17) is 0 Å². The lowest BCUT2D eigenvalue weighted by atomic mass is 9.84. The van der Waals surface area contributed by atoms with Crippen molar-refractivity contribution in [3.8, 4) is 0 Å². The molecule has 14 heavy (non-hydrogen) atoms. The summed E-state index contributed by atoms with van der Waals surface area (Å²) in [5.74, 6) is 0. The molecule has 2 rings (SSSR count). The Kier molecular flexibility index (Phi) is 2.36. The molecule has 0 amide bonds. The predicted octanol–water partition coefficient (Wildman–Crippen LogP) is 3.76. The molecule has 0 heterocycles. The third kappa shape index (κ3) is 1.44. The normalized spacial score (nSPS) is 18.0. The summed E-state index contributed by atoms with van der Waals surface area (Å²) in [4.78, 5) is 0. The number of hydrogen-bond donors (Lipinski definition) is 0. The molecule has 1 aliphatic rings. The molecule has 0 fully saturated rings. The minimum absolute atomic E-state index is 1.07. The molecule has 70 valence electrons. The zero-order chi connectivity index (χ0) is 9.97. The molecule has 1 aromatic carbocycles. The maximum absolute atomic E-state index is 4.10. The maximum atomic E-state index is 4.10. The first-order valence-electron chi connectivity index (χ1n) is 4.92. The van der Waals surface area contributed by atoms with Crippen molar-refractivity contribution in [1.82, 2.24) is 0 Å². The van der Waals surface area contributed by atoms with Gasteiger partial charge in [-0.05, 0) is 35.1 Å². The monoisotopic (exact) mass is 182 g/mol. The molecule has 1 aliphatic carbocycles. The Morgan fingerprint density at radius 3 is 2.71 bits per heavy atom. The van der Waals surface area contributed by atoms with Crippen LogP contribution in [0.5, 0.6) is 0 Å². The van der Waals surface area contributed by atoms with Crippen LogP contribution in [0, 0.1) is 0 Å². The van der Waals surface area contributed by atoms with E-state index in [0.717, 1.165) is 12.8 Å². The topological polar surface area (TPSA) is 0 Å².